The minimum Gasteiger partial charge on any atom is -0.390 e. The van der Waals surface area contributed by atoms with Gasteiger partial charge in [-0.25, -0.2) is 4.79 Å². The summed E-state index contributed by atoms with van der Waals surface area (Å²) in [6.45, 7) is 1.20. The van der Waals surface area contributed by atoms with Gasteiger partial charge in [0, 0.05) is 31.0 Å². The summed E-state index contributed by atoms with van der Waals surface area (Å²) in [5.41, 5.74) is 0.921. The van der Waals surface area contributed by atoms with Crippen LogP contribution in [0.1, 0.15) is 23.2 Å². The van der Waals surface area contributed by atoms with Crippen molar-refractivity contribution in [1.82, 2.24) is 14.5 Å². The molecule has 4 atom stereocenters. The van der Waals surface area contributed by atoms with Gasteiger partial charge in [0.15, 0.2) is 0 Å². The van der Waals surface area contributed by atoms with E-state index >= 15 is 0 Å². The highest BCUT2D eigenvalue weighted by Gasteiger charge is 2.42. The van der Waals surface area contributed by atoms with Gasteiger partial charge in [-0.3, -0.25) is 9.36 Å². The molecule has 7 heteroatoms. The quantitative estimate of drug-likeness (QED) is 0.734. The van der Waals surface area contributed by atoms with Crippen molar-refractivity contribution in [3.63, 3.8) is 0 Å². The van der Waals surface area contributed by atoms with E-state index in [1.165, 1.54) is 4.57 Å². The molecule has 4 unspecified atom stereocenters. The molecule has 2 aromatic rings. The van der Waals surface area contributed by atoms with Crippen molar-refractivity contribution >= 4 is 5.91 Å². The number of likely N-dealkylation sites (tertiary alicyclic amines) is 1. The molecule has 132 valence electrons. The second kappa shape index (κ2) is 6.16. The van der Waals surface area contributed by atoms with E-state index < -0.39 is 12.2 Å². The first-order valence-electron chi connectivity index (χ1n) is 8.55. The number of carbonyl (C=O) groups excluding carboxylic acids is 1. The lowest BCUT2D eigenvalue weighted by Crippen LogP contribution is -2.38. The van der Waals surface area contributed by atoms with Crippen molar-refractivity contribution in [1.29, 1.82) is 0 Å². The molecule has 0 radical (unpaired) electrons. The number of aliphatic hydroxyl groups is 2. The van der Waals surface area contributed by atoms with E-state index in [0.717, 1.165) is 0 Å². The Morgan fingerprint density at radius 1 is 1.12 bits per heavy atom. The van der Waals surface area contributed by atoms with Crippen LogP contribution in [0.25, 0.3) is 5.69 Å². The number of carbonyl (C=O) groups is 1. The number of hydrogen-bond donors (Lipinski definition) is 3. The highest BCUT2D eigenvalue weighted by Crippen LogP contribution is 2.37. The maximum atomic E-state index is 12.9. The van der Waals surface area contributed by atoms with Gasteiger partial charge in [0.1, 0.15) is 0 Å². The van der Waals surface area contributed by atoms with Gasteiger partial charge in [-0.05, 0) is 42.9 Å². The number of fused-ring (bicyclic) bond motifs is 1. The number of aromatic nitrogens is 2. The van der Waals surface area contributed by atoms with Crippen LogP contribution in [0.15, 0.2) is 41.5 Å². The van der Waals surface area contributed by atoms with Gasteiger partial charge in [-0.1, -0.05) is 6.07 Å². The lowest BCUT2D eigenvalue weighted by Gasteiger charge is -2.31. The SMILES string of the molecule is O=C(c1cccc(-n2cc[nH]c2=O)c1)N1CC2CC(O)C(O)CC2C1. The Morgan fingerprint density at radius 2 is 1.80 bits per heavy atom. The highest BCUT2D eigenvalue weighted by molar-refractivity contribution is 5.95. The molecule has 1 saturated carbocycles. The van der Waals surface area contributed by atoms with Crippen LogP contribution in [0.5, 0.6) is 0 Å². The Hall–Kier alpha value is -2.38. The van der Waals surface area contributed by atoms with Crippen molar-refractivity contribution in [3.8, 4) is 5.69 Å². The number of hydrogen-bond acceptors (Lipinski definition) is 4. The first-order valence-corrected chi connectivity index (χ1v) is 8.55. The standard InChI is InChI=1S/C18H21N3O4/c22-15-7-12-9-20(10-13(12)8-16(15)23)17(24)11-2-1-3-14(6-11)21-5-4-19-18(21)25/h1-6,12-13,15-16,22-23H,7-10H2,(H,19,25). The maximum Gasteiger partial charge on any atom is 0.330 e. The normalized spacial score (nSPS) is 28.8. The summed E-state index contributed by atoms with van der Waals surface area (Å²) < 4.78 is 1.45. The number of imidazole rings is 1. The number of benzene rings is 1. The average Bonchev–Trinajstić information content (AvgIpc) is 3.21. The number of rotatable bonds is 2. The van der Waals surface area contributed by atoms with Gasteiger partial charge < -0.3 is 20.1 Å². The van der Waals surface area contributed by atoms with Gasteiger partial charge in [0.25, 0.3) is 5.91 Å². The molecule has 25 heavy (non-hydrogen) atoms. The molecule has 0 bridgehead atoms. The smallest absolute Gasteiger partial charge is 0.330 e. The lowest BCUT2D eigenvalue weighted by molar-refractivity contribution is -0.0372. The van der Waals surface area contributed by atoms with Crippen LogP contribution in [-0.4, -0.2) is 55.9 Å². The average molecular weight is 343 g/mol. The minimum absolute atomic E-state index is 0.0798. The number of amides is 1. The molecule has 1 aliphatic carbocycles. The first-order chi connectivity index (χ1) is 12.0. The second-order valence-corrected chi connectivity index (χ2v) is 7.02. The number of nitrogens with one attached hydrogen (secondary N) is 1. The van der Waals surface area contributed by atoms with Gasteiger partial charge in [0.2, 0.25) is 0 Å². The van der Waals surface area contributed by atoms with Gasteiger partial charge in [-0.15, -0.1) is 0 Å². The van der Waals surface area contributed by atoms with Crippen LogP contribution in [0.3, 0.4) is 0 Å². The van der Waals surface area contributed by atoms with E-state index in [1.807, 2.05) is 0 Å². The molecule has 1 aliphatic heterocycles. The van der Waals surface area contributed by atoms with Crippen molar-refractivity contribution < 1.29 is 15.0 Å². The molecule has 1 saturated heterocycles. The van der Waals surface area contributed by atoms with Crippen LogP contribution in [-0.2, 0) is 0 Å². The number of aromatic amines is 1. The molecule has 1 amide bonds. The molecule has 1 aromatic carbocycles. The zero-order chi connectivity index (χ0) is 17.6. The topological polar surface area (TPSA) is 98.6 Å². The summed E-state index contributed by atoms with van der Waals surface area (Å²) in [7, 11) is 0. The van der Waals surface area contributed by atoms with Gasteiger partial charge in [-0.2, -0.15) is 0 Å². The summed E-state index contributed by atoms with van der Waals surface area (Å²) in [4.78, 5) is 29.0. The zero-order valence-electron chi connectivity index (χ0n) is 13.7. The molecular formula is C18H21N3O4. The molecule has 2 aliphatic rings. The monoisotopic (exact) mass is 343 g/mol. The molecule has 2 fully saturated rings. The van der Waals surface area contributed by atoms with Gasteiger partial charge in [0.05, 0.1) is 17.9 Å². The van der Waals surface area contributed by atoms with E-state index in [2.05, 4.69) is 4.98 Å². The fourth-order valence-electron chi connectivity index (χ4n) is 4.07. The summed E-state index contributed by atoms with van der Waals surface area (Å²) >= 11 is 0. The second-order valence-electron chi connectivity index (χ2n) is 7.02. The van der Waals surface area contributed by atoms with Crippen LogP contribution >= 0.6 is 0 Å². The van der Waals surface area contributed by atoms with Crippen molar-refractivity contribution in [2.75, 3.05) is 13.1 Å². The van der Waals surface area contributed by atoms with E-state index in [1.54, 1.807) is 41.6 Å². The Labute approximate surface area is 144 Å². The summed E-state index contributed by atoms with van der Waals surface area (Å²) in [6.07, 6.45) is 2.86. The summed E-state index contributed by atoms with van der Waals surface area (Å²) in [6, 6.07) is 7.00. The van der Waals surface area contributed by atoms with Crippen LogP contribution < -0.4 is 5.69 Å². The van der Waals surface area contributed by atoms with Crippen LogP contribution in [0.4, 0.5) is 0 Å². The van der Waals surface area contributed by atoms with Crippen molar-refractivity contribution in [2.24, 2.45) is 11.8 Å². The minimum atomic E-state index is -0.694. The Balaban J connectivity index is 1.54. The molecule has 1 aromatic heterocycles. The number of aliphatic hydroxyl groups excluding tert-OH is 2. The maximum absolute atomic E-state index is 12.9. The third-order valence-corrected chi connectivity index (χ3v) is 5.42. The van der Waals surface area contributed by atoms with Crippen LogP contribution in [0, 0.1) is 11.8 Å². The molecule has 4 rings (SSSR count). The third-order valence-electron chi connectivity index (χ3n) is 5.42. The predicted octanol–water partition coefficient (Wildman–Crippen LogP) is 0.369. The first kappa shape index (κ1) is 16.1. The largest absolute Gasteiger partial charge is 0.390 e. The van der Waals surface area contributed by atoms with E-state index in [9.17, 15) is 19.8 Å². The Kier molecular flexibility index (Phi) is 3.97. The Bertz CT molecular complexity index is 825. The lowest BCUT2D eigenvalue weighted by atomic mass is 9.79. The highest BCUT2D eigenvalue weighted by atomic mass is 16.3. The number of H-pyrrole nitrogens is 1. The molecular weight excluding hydrogens is 322 g/mol. The van der Waals surface area contributed by atoms with Crippen LogP contribution in [0.2, 0.25) is 0 Å². The third kappa shape index (κ3) is 2.89. The fourth-order valence-corrected chi connectivity index (χ4v) is 4.07. The van der Waals surface area contributed by atoms with E-state index in [0.29, 0.717) is 37.2 Å². The number of nitrogens with zero attached hydrogens (tertiary/aromatic N) is 2. The zero-order valence-corrected chi connectivity index (χ0v) is 13.7. The van der Waals surface area contributed by atoms with E-state index in [-0.39, 0.29) is 23.4 Å². The van der Waals surface area contributed by atoms with Gasteiger partial charge >= 0.3 is 5.69 Å². The van der Waals surface area contributed by atoms with E-state index in [4.69, 9.17) is 0 Å². The molecule has 2 heterocycles. The molecule has 0 spiro atoms. The summed E-state index contributed by atoms with van der Waals surface area (Å²) in [5, 5.41) is 19.7. The molecule has 7 nitrogen and oxygen atoms in total. The molecule has 3 N–H and O–H groups in total. The van der Waals surface area contributed by atoms with Crippen molar-refractivity contribution in [3.05, 3.63) is 52.7 Å². The Morgan fingerprint density at radius 3 is 2.40 bits per heavy atom. The predicted molar refractivity (Wildman–Crippen MR) is 90.5 cm³/mol. The fraction of sp³-hybridized carbons (Fsp3) is 0.444. The summed E-state index contributed by atoms with van der Waals surface area (Å²) in [5.74, 6) is 0.388. The van der Waals surface area contributed by atoms with Crippen molar-refractivity contribution in [2.45, 2.75) is 25.0 Å².